The first-order valence-electron chi connectivity index (χ1n) is 6.17. The Balaban J connectivity index is 2.18. The van der Waals surface area contributed by atoms with Gasteiger partial charge in [0.2, 0.25) is 5.91 Å². The van der Waals surface area contributed by atoms with Crippen LogP contribution in [0.5, 0.6) is 0 Å². The number of anilines is 1. The van der Waals surface area contributed by atoms with Crippen LogP contribution in [-0.4, -0.2) is 5.91 Å². The Labute approximate surface area is 128 Å². The van der Waals surface area contributed by atoms with Crippen molar-refractivity contribution in [1.82, 2.24) is 0 Å². The standard InChI is InChI=1S/C15H10ClF4NO/c16-10-4-5-13(12(8-10)15(18,19)20)21-14(22)7-9-2-1-3-11(17)6-9/h1-6,8H,7H2,(H,21,22). The first-order valence-corrected chi connectivity index (χ1v) is 6.54. The molecule has 0 saturated heterocycles. The summed E-state index contributed by atoms with van der Waals surface area (Å²) >= 11 is 5.55. The minimum atomic E-state index is -4.65. The summed E-state index contributed by atoms with van der Waals surface area (Å²) in [5.41, 5.74) is -1.06. The summed E-state index contributed by atoms with van der Waals surface area (Å²) in [6.45, 7) is 0. The normalized spacial score (nSPS) is 11.3. The van der Waals surface area contributed by atoms with E-state index < -0.39 is 29.2 Å². The third-order valence-electron chi connectivity index (χ3n) is 2.81. The molecule has 1 amide bonds. The number of benzene rings is 2. The molecule has 2 nitrogen and oxygen atoms in total. The van der Waals surface area contributed by atoms with Gasteiger partial charge in [-0.25, -0.2) is 4.39 Å². The molecule has 0 aliphatic rings. The molecule has 0 aliphatic carbocycles. The van der Waals surface area contributed by atoms with Gasteiger partial charge in [-0.15, -0.1) is 0 Å². The Bertz CT molecular complexity index is 700. The van der Waals surface area contributed by atoms with Crippen molar-refractivity contribution in [3.8, 4) is 0 Å². The highest BCUT2D eigenvalue weighted by Crippen LogP contribution is 2.36. The molecule has 2 rings (SSSR count). The summed E-state index contributed by atoms with van der Waals surface area (Å²) in [6, 6.07) is 8.34. The van der Waals surface area contributed by atoms with Crippen LogP contribution >= 0.6 is 11.6 Å². The number of alkyl halides is 3. The number of hydrogen-bond donors (Lipinski definition) is 1. The SMILES string of the molecule is O=C(Cc1cccc(F)c1)Nc1ccc(Cl)cc1C(F)(F)F. The van der Waals surface area contributed by atoms with E-state index in [2.05, 4.69) is 5.32 Å². The van der Waals surface area contributed by atoms with Gasteiger partial charge in [0.25, 0.3) is 0 Å². The number of amides is 1. The highest BCUT2D eigenvalue weighted by atomic mass is 35.5. The lowest BCUT2D eigenvalue weighted by Crippen LogP contribution is -2.18. The minimum absolute atomic E-state index is 0.0875. The zero-order valence-electron chi connectivity index (χ0n) is 11.0. The Hall–Kier alpha value is -2.08. The van der Waals surface area contributed by atoms with Crippen LogP contribution in [0.4, 0.5) is 23.2 Å². The maximum absolute atomic E-state index is 13.0. The monoisotopic (exact) mass is 331 g/mol. The van der Waals surface area contributed by atoms with Crippen LogP contribution in [-0.2, 0) is 17.4 Å². The first-order chi connectivity index (χ1) is 10.3. The fourth-order valence-corrected chi connectivity index (χ4v) is 2.06. The molecular weight excluding hydrogens is 322 g/mol. The predicted octanol–water partition coefficient (Wildman–Crippen LogP) is 4.68. The number of halogens is 5. The molecule has 0 aromatic heterocycles. The smallest absolute Gasteiger partial charge is 0.325 e. The zero-order chi connectivity index (χ0) is 16.3. The number of hydrogen-bond acceptors (Lipinski definition) is 1. The number of carbonyl (C=O) groups excluding carboxylic acids is 1. The van der Waals surface area contributed by atoms with Crippen LogP contribution in [0.2, 0.25) is 5.02 Å². The van der Waals surface area contributed by atoms with E-state index in [1.165, 1.54) is 24.3 Å². The van der Waals surface area contributed by atoms with E-state index in [0.717, 1.165) is 18.2 Å². The average molecular weight is 332 g/mol. The third-order valence-corrected chi connectivity index (χ3v) is 3.05. The lowest BCUT2D eigenvalue weighted by atomic mass is 10.1. The summed E-state index contributed by atoms with van der Waals surface area (Å²) in [7, 11) is 0. The van der Waals surface area contributed by atoms with Crippen molar-refractivity contribution in [2.24, 2.45) is 0 Å². The van der Waals surface area contributed by atoms with Gasteiger partial charge in [-0.1, -0.05) is 23.7 Å². The Morgan fingerprint density at radius 2 is 1.86 bits per heavy atom. The molecule has 0 saturated carbocycles. The second kappa shape index (κ2) is 6.36. The summed E-state index contributed by atoms with van der Waals surface area (Å²) in [6.07, 6.45) is -4.88. The number of rotatable bonds is 3. The quantitative estimate of drug-likeness (QED) is 0.813. The Kier molecular flexibility index (Phi) is 4.71. The Morgan fingerprint density at radius 1 is 1.14 bits per heavy atom. The molecule has 2 aromatic carbocycles. The van der Waals surface area contributed by atoms with Crippen molar-refractivity contribution >= 4 is 23.2 Å². The molecule has 0 radical (unpaired) electrons. The van der Waals surface area contributed by atoms with Crippen LogP contribution in [0, 0.1) is 5.82 Å². The number of nitrogens with one attached hydrogen (secondary N) is 1. The molecule has 0 bridgehead atoms. The maximum Gasteiger partial charge on any atom is 0.418 e. The zero-order valence-corrected chi connectivity index (χ0v) is 11.8. The molecule has 1 N–H and O–H groups in total. The van der Waals surface area contributed by atoms with E-state index in [-0.39, 0.29) is 11.4 Å². The predicted molar refractivity (Wildman–Crippen MR) is 75.2 cm³/mol. The van der Waals surface area contributed by atoms with E-state index in [9.17, 15) is 22.4 Å². The Morgan fingerprint density at radius 3 is 2.50 bits per heavy atom. The second-order valence-corrected chi connectivity index (χ2v) is 4.98. The van der Waals surface area contributed by atoms with Crippen molar-refractivity contribution in [2.45, 2.75) is 12.6 Å². The molecular formula is C15H10ClF4NO. The van der Waals surface area contributed by atoms with Gasteiger partial charge >= 0.3 is 6.18 Å². The van der Waals surface area contributed by atoms with E-state index in [4.69, 9.17) is 11.6 Å². The lowest BCUT2D eigenvalue weighted by molar-refractivity contribution is -0.137. The summed E-state index contributed by atoms with van der Waals surface area (Å²) in [5.74, 6) is -1.20. The van der Waals surface area contributed by atoms with Gasteiger partial charge in [0.05, 0.1) is 17.7 Å². The number of carbonyl (C=O) groups is 1. The fraction of sp³-hybridized carbons (Fsp3) is 0.133. The summed E-state index contributed by atoms with van der Waals surface area (Å²) in [5, 5.41) is 2.08. The molecule has 0 atom stereocenters. The topological polar surface area (TPSA) is 29.1 Å². The lowest BCUT2D eigenvalue weighted by Gasteiger charge is -2.14. The van der Waals surface area contributed by atoms with Crippen LogP contribution < -0.4 is 5.32 Å². The van der Waals surface area contributed by atoms with Gasteiger partial charge in [-0.2, -0.15) is 13.2 Å². The van der Waals surface area contributed by atoms with E-state index >= 15 is 0 Å². The van der Waals surface area contributed by atoms with Crippen molar-refractivity contribution in [1.29, 1.82) is 0 Å². The molecule has 22 heavy (non-hydrogen) atoms. The van der Waals surface area contributed by atoms with Crippen LogP contribution in [0.25, 0.3) is 0 Å². The fourth-order valence-electron chi connectivity index (χ4n) is 1.89. The maximum atomic E-state index is 13.0. The van der Waals surface area contributed by atoms with Crippen LogP contribution in [0.3, 0.4) is 0 Å². The van der Waals surface area contributed by atoms with Gasteiger partial charge in [-0.05, 0) is 35.9 Å². The molecule has 0 fully saturated rings. The molecule has 116 valence electrons. The van der Waals surface area contributed by atoms with Crippen molar-refractivity contribution in [3.05, 3.63) is 64.4 Å². The van der Waals surface area contributed by atoms with Crippen LogP contribution in [0.1, 0.15) is 11.1 Å². The third kappa shape index (κ3) is 4.21. The largest absolute Gasteiger partial charge is 0.418 e. The van der Waals surface area contributed by atoms with E-state index in [1.807, 2.05) is 0 Å². The van der Waals surface area contributed by atoms with Crippen LogP contribution in [0.15, 0.2) is 42.5 Å². The highest BCUT2D eigenvalue weighted by Gasteiger charge is 2.34. The van der Waals surface area contributed by atoms with Gasteiger partial charge < -0.3 is 5.32 Å². The van der Waals surface area contributed by atoms with Gasteiger partial charge in [0, 0.05) is 5.02 Å². The van der Waals surface area contributed by atoms with Crippen molar-refractivity contribution < 1.29 is 22.4 Å². The van der Waals surface area contributed by atoms with Crippen molar-refractivity contribution in [2.75, 3.05) is 5.32 Å². The molecule has 0 unspecified atom stereocenters. The van der Waals surface area contributed by atoms with Gasteiger partial charge in [-0.3, -0.25) is 4.79 Å². The first kappa shape index (κ1) is 16.3. The van der Waals surface area contributed by atoms with Gasteiger partial charge in [0.15, 0.2) is 0 Å². The summed E-state index contributed by atoms with van der Waals surface area (Å²) in [4.78, 5) is 11.8. The van der Waals surface area contributed by atoms with Gasteiger partial charge in [0.1, 0.15) is 5.82 Å². The van der Waals surface area contributed by atoms with E-state index in [1.54, 1.807) is 0 Å². The molecule has 7 heteroatoms. The van der Waals surface area contributed by atoms with E-state index in [0.29, 0.717) is 5.56 Å². The molecule has 0 spiro atoms. The minimum Gasteiger partial charge on any atom is -0.325 e. The average Bonchev–Trinajstić information content (AvgIpc) is 2.39. The summed E-state index contributed by atoms with van der Waals surface area (Å²) < 4.78 is 51.7. The van der Waals surface area contributed by atoms with Crippen molar-refractivity contribution in [3.63, 3.8) is 0 Å². The second-order valence-electron chi connectivity index (χ2n) is 4.54. The molecule has 0 aliphatic heterocycles. The molecule has 0 heterocycles. The highest BCUT2D eigenvalue weighted by molar-refractivity contribution is 6.30. The molecule has 2 aromatic rings.